The Morgan fingerprint density at radius 3 is 2.69 bits per heavy atom. The number of nitrogens with zero attached hydrogens (tertiary/aromatic N) is 2. The normalized spacial score (nSPS) is 18.4. The topological polar surface area (TPSA) is 96.8 Å². The lowest BCUT2D eigenvalue weighted by atomic mass is 9.89. The molecule has 1 aliphatic carbocycles. The third-order valence-corrected chi connectivity index (χ3v) is 5.84. The van der Waals surface area contributed by atoms with Crippen molar-refractivity contribution in [3.63, 3.8) is 0 Å². The molecule has 0 aromatic carbocycles. The predicted octanol–water partition coefficient (Wildman–Crippen LogP) is 1.91. The van der Waals surface area contributed by atoms with Gasteiger partial charge in [-0.1, -0.05) is 6.42 Å². The summed E-state index contributed by atoms with van der Waals surface area (Å²) in [5.41, 5.74) is 0.463. The van der Waals surface area contributed by atoms with Gasteiger partial charge in [-0.15, -0.1) is 0 Å². The first kappa shape index (κ1) is 15.3. The van der Waals surface area contributed by atoms with Gasteiger partial charge < -0.3 is 10.3 Å². The number of rotatable bonds is 0. The third-order valence-electron chi connectivity index (χ3n) is 5.84. The fourth-order valence-corrected chi connectivity index (χ4v) is 4.64. The number of pyridine rings is 3. The van der Waals surface area contributed by atoms with Gasteiger partial charge in [-0.2, -0.15) is 0 Å². The molecule has 0 unspecified atom stereocenters. The van der Waals surface area contributed by atoms with Crippen LogP contribution in [0.2, 0.25) is 0 Å². The van der Waals surface area contributed by atoms with Crippen LogP contribution >= 0.6 is 0 Å². The minimum atomic E-state index is -0.662. The lowest BCUT2D eigenvalue weighted by Crippen LogP contribution is -2.48. The summed E-state index contributed by atoms with van der Waals surface area (Å²) in [7, 11) is 0. The van der Waals surface area contributed by atoms with E-state index in [0.717, 1.165) is 32.1 Å². The van der Waals surface area contributed by atoms with Gasteiger partial charge in [0.15, 0.2) is 5.43 Å². The van der Waals surface area contributed by atoms with E-state index < -0.39 is 5.66 Å². The van der Waals surface area contributed by atoms with Crippen LogP contribution in [0.4, 0.5) is 0 Å². The number of hydrogen-bond acceptors (Lipinski definition) is 4. The van der Waals surface area contributed by atoms with Gasteiger partial charge in [0.1, 0.15) is 16.9 Å². The molecule has 2 aliphatic rings. The zero-order valence-electron chi connectivity index (χ0n) is 14.4. The lowest BCUT2D eigenvalue weighted by Gasteiger charge is -2.35. The molecular formula is C19H18N4O3. The minimum Gasteiger partial charge on any atom is -0.350 e. The van der Waals surface area contributed by atoms with Gasteiger partial charge in [0.05, 0.1) is 16.3 Å². The summed E-state index contributed by atoms with van der Waals surface area (Å²) in [6.45, 7) is 1.74. The minimum absolute atomic E-state index is 0.261. The Hall–Kier alpha value is -2.96. The van der Waals surface area contributed by atoms with Crippen LogP contribution in [0.15, 0.2) is 28.0 Å². The first-order valence-corrected chi connectivity index (χ1v) is 8.92. The van der Waals surface area contributed by atoms with Crippen molar-refractivity contribution in [3.8, 4) is 0 Å². The van der Waals surface area contributed by atoms with Gasteiger partial charge in [0, 0.05) is 12.4 Å². The Labute approximate surface area is 148 Å². The summed E-state index contributed by atoms with van der Waals surface area (Å²) >= 11 is 0. The smallest absolute Gasteiger partial charge is 0.277 e. The van der Waals surface area contributed by atoms with Crippen LogP contribution in [0.25, 0.3) is 21.8 Å². The highest BCUT2D eigenvalue weighted by Crippen LogP contribution is 2.37. The van der Waals surface area contributed by atoms with Crippen LogP contribution in [-0.2, 0) is 5.66 Å². The molecule has 0 saturated heterocycles. The van der Waals surface area contributed by atoms with E-state index in [1.807, 2.05) is 0 Å². The molecule has 0 radical (unpaired) electrons. The number of hydrogen-bond donors (Lipinski definition) is 2. The van der Waals surface area contributed by atoms with E-state index in [9.17, 15) is 14.4 Å². The van der Waals surface area contributed by atoms with E-state index >= 15 is 0 Å². The van der Waals surface area contributed by atoms with E-state index in [1.165, 1.54) is 6.20 Å². The van der Waals surface area contributed by atoms with Gasteiger partial charge in [-0.25, -0.2) is 0 Å². The molecule has 7 heteroatoms. The van der Waals surface area contributed by atoms with Crippen molar-refractivity contribution >= 4 is 27.7 Å². The zero-order chi connectivity index (χ0) is 18.1. The molecule has 1 amide bonds. The molecule has 5 rings (SSSR count). The second-order valence-electron chi connectivity index (χ2n) is 7.29. The van der Waals surface area contributed by atoms with Crippen LogP contribution < -0.4 is 16.3 Å². The predicted molar refractivity (Wildman–Crippen MR) is 97.4 cm³/mol. The molecule has 0 atom stereocenters. The molecule has 4 heterocycles. The number of carbonyl (C=O) groups is 1. The number of carbonyl (C=O) groups excluding carboxylic acids is 1. The van der Waals surface area contributed by atoms with E-state index in [1.54, 1.807) is 23.8 Å². The van der Waals surface area contributed by atoms with Crippen LogP contribution in [0, 0.1) is 6.92 Å². The van der Waals surface area contributed by atoms with Crippen molar-refractivity contribution in [2.45, 2.75) is 44.7 Å². The number of aryl methyl sites for hydroxylation is 1. The Balaban J connectivity index is 1.98. The maximum absolute atomic E-state index is 13.4. The van der Waals surface area contributed by atoms with Gasteiger partial charge in [0.25, 0.3) is 11.5 Å². The number of aromatic amines is 1. The molecule has 132 valence electrons. The van der Waals surface area contributed by atoms with Gasteiger partial charge >= 0.3 is 0 Å². The van der Waals surface area contributed by atoms with Gasteiger partial charge in [0.2, 0.25) is 0 Å². The Morgan fingerprint density at radius 2 is 1.92 bits per heavy atom. The van der Waals surface area contributed by atoms with Gasteiger partial charge in [-0.05, 0) is 44.2 Å². The summed E-state index contributed by atoms with van der Waals surface area (Å²) < 4.78 is 1.61. The standard InChI is InChI=1S/C19H18N4O3/c1-10-13-14(21-12-5-8-20-9-11(12)16(13)24)18(26)23-15(10)17(25)22-19(23)6-3-2-4-7-19/h5,8-9H,2-4,6-7H2,1H3,(H,21,24)(H,22,25). The van der Waals surface area contributed by atoms with E-state index in [-0.39, 0.29) is 27.8 Å². The van der Waals surface area contributed by atoms with Crippen molar-refractivity contribution in [2.75, 3.05) is 0 Å². The first-order chi connectivity index (χ1) is 12.5. The van der Waals surface area contributed by atoms with Crippen LogP contribution in [0.5, 0.6) is 0 Å². The highest BCUT2D eigenvalue weighted by molar-refractivity contribution is 6.03. The summed E-state index contributed by atoms with van der Waals surface area (Å²) in [5, 5.41) is 3.75. The largest absolute Gasteiger partial charge is 0.350 e. The molecule has 3 aromatic rings. The van der Waals surface area contributed by atoms with Gasteiger partial charge in [-0.3, -0.25) is 23.9 Å². The van der Waals surface area contributed by atoms with Crippen molar-refractivity contribution in [3.05, 3.63) is 50.3 Å². The monoisotopic (exact) mass is 350 g/mol. The SMILES string of the molecule is Cc1c2n(c(=O)c3[nH]c4ccncc4c(=O)c13)C1(CCCCC1)NC2=O. The number of amides is 1. The fraction of sp³-hybridized carbons (Fsp3) is 0.368. The number of H-pyrrole nitrogens is 1. The summed E-state index contributed by atoms with van der Waals surface area (Å²) in [6.07, 6.45) is 7.56. The number of fused-ring (bicyclic) bond motifs is 4. The molecule has 2 N–H and O–H groups in total. The third kappa shape index (κ3) is 1.77. The highest BCUT2D eigenvalue weighted by atomic mass is 16.2. The number of nitrogens with one attached hydrogen (secondary N) is 2. The van der Waals surface area contributed by atoms with Crippen LogP contribution in [0.3, 0.4) is 0 Å². The Kier molecular flexibility index (Phi) is 2.96. The first-order valence-electron chi connectivity index (χ1n) is 8.92. The lowest BCUT2D eigenvalue weighted by molar-refractivity contribution is 0.0877. The average molecular weight is 350 g/mol. The molecule has 26 heavy (non-hydrogen) atoms. The Bertz CT molecular complexity index is 1220. The van der Waals surface area contributed by atoms with Crippen molar-refractivity contribution in [1.29, 1.82) is 0 Å². The van der Waals surface area contributed by atoms with E-state index in [4.69, 9.17) is 0 Å². The summed E-state index contributed by atoms with van der Waals surface area (Å²) in [4.78, 5) is 46.2. The second kappa shape index (κ2) is 5.03. The molecule has 1 aliphatic heterocycles. The number of aromatic nitrogens is 3. The van der Waals surface area contributed by atoms with E-state index in [2.05, 4.69) is 15.3 Å². The van der Waals surface area contributed by atoms with Crippen LogP contribution in [-0.4, -0.2) is 20.4 Å². The average Bonchev–Trinajstić information content (AvgIpc) is 2.92. The van der Waals surface area contributed by atoms with Crippen molar-refractivity contribution in [1.82, 2.24) is 19.9 Å². The molecule has 0 bridgehead atoms. The van der Waals surface area contributed by atoms with Crippen LogP contribution in [0.1, 0.15) is 48.2 Å². The molecule has 3 aromatic heterocycles. The molecule has 1 spiro atoms. The van der Waals surface area contributed by atoms with Crippen molar-refractivity contribution in [2.24, 2.45) is 0 Å². The van der Waals surface area contributed by atoms with Crippen molar-refractivity contribution < 1.29 is 4.79 Å². The maximum atomic E-state index is 13.4. The fourth-order valence-electron chi connectivity index (χ4n) is 4.64. The maximum Gasteiger partial charge on any atom is 0.277 e. The summed E-state index contributed by atoms with van der Waals surface area (Å²) in [5.74, 6) is -0.269. The zero-order valence-corrected chi connectivity index (χ0v) is 14.4. The quantitative estimate of drug-likeness (QED) is 0.605. The molecule has 1 fully saturated rings. The molecule has 1 saturated carbocycles. The highest BCUT2D eigenvalue weighted by Gasteiger charge is 2.45. The second-order valence-corrected chi connectivity index (χ2v) is 7.29. The van der Waals surface area contributed by atoms with E-state index in [0.29, 0.717) is 22.2 Å². The summed E-state index contributed by atoms with van der Waals surface area (Å²) in [6, 6.07) is 1.68. The Morgan fingerprint density at radius 1 is 1.15 bits per heavy atom. The molecule has 7 nitrogen and oxygen atoms in total. The molecular weight excluding hydrogens is 332 g/mol.